The van der Waals surface area contributed by atoms with Gasteiger partial charge in [0.1, 0.15) is 0 Å². The minimum Gasteiger partial charge on any atom is -0.493 e. The summed E-state index contributed by atoms with van der Waals surface area (Å²) in [7, 11) is 4.55. The molecular weight excluding hydrogens is 302 g/mol. The van der Waals surface area contributed by atoms with E-state index in [1.165, 1.54) is 19.1 Å². The Labute approximate surface area is 114 Å². The number of benzene rings is 1. The molecule has 0 heterocycles. The van der Waals surface area contributed by atoms with E-state index in [1.54, 1.807) is 19.2 Å². The van der Waals surface area contributed by atoms with Crippen LogP contribution in [-0.4, -0.2) is 38.8 Å². The molecule has 1 aromatic carbocycles. The maximum absolute atomic E-state index is 11.8. The predicted molar refractivity (Wildman–Crippen MR) is 72.1 cm³/mol. The molecule has 1 rings (SSSR count). The van der Waals surface area contributed by atoms with Crippen LogP contribution in [0.25, 0.3) is 0 Å². The number of Topliss-reactive ketones (excluding diaryl/α,β-unsaturated/α-hetero) is 1. The quantitative estimate of drug-likeness (QED) is 0.457. The molecule has 1 aromatic rings. The first-order chi connectivity index (χ1) is 8.58. The molecule has 0 aliphatic carbocycles. The summed E-state index contributed by atoms with van der Waals surface area (Å²) < 4.78 is 10.3. The van der Waals surface area contributed by atoms with Gasteiger partial charge in [-0.1, -0.05) is 15.9 Å². The average molecular weight is 316 g/mol. The number of methoxy groups -OCH3 is 2. The fourth-order valence-corrected chi connectivity index (χ4v) is 1.81. The van der Waals surface area contributed by atoms with Crippen molar-refractivity contribution >= 4 is 33.8 Å². The molecule has 0 radical (unpaired) electrons. The monoisotopic (exact) mass is 315 g/mol. The lowest BCUT2D eigenvalue weighted by atomic mass is 10.1. The second-order valence-electron chi connectivity index (χ2n) is 3.50. The molecule has 0 saturated carbocycles. The predicted octanol–water partition coefficient (Wildman–Crippen LogP) is 1.87. The zero-order valence-electron chi connectivity index (χ0n) is 10.4. The van der Waals surface area contributed by atoms with Gasteiger partial charge in [-0.05, 0) is 6.07 Å². The summed E-state index contributed by atoms with van der Waals surface area (Å²) >= 11 is 3.11. The van der Waals surface area contributed by atoms with E-state index in [9.17, 15) is 9.59 Å². The highest BCUT2D eigenvalue weighted by atomic mass is 79.9. The standard InChI is InChI=1S/C12H14BrNO4/c1-14(7-15)9-5-12(18-3)11(17-2)4-8(9)10(16)6-13/h4-5,7H,6H2,1-3H3. The molecule has 0 saturated heterocycles. The number of ether oxygens (including phenoxy) is 2. The highest BCUT2D eigenvalue weighted by Crippen LogP contribution is 2.34. The van der Waals surface area contributed by atoms with E-state index in [0.717, 1.165) is 0 Å². The molecule has 0 atom stereocenters. The molecule has 0 aromatic heterocycles. The van der Waals surface area contributed by atoms with Crippen molar-refractivity contribution in [3.05, 3.63) is 17.7 Å². The van der Waals surface area contributed by atoms with E-state index in [1.807, 2.05) is 0 Å². The molecule has 6 heteroatoms. The van der Waals surface area contributed by atoms with Crippen molar-refractivity contribution in [3.8, 4) is 11.5 Å². The molecule has 98 valence electrons. The van der Waals surface area contributed by atoms with Crippen molar-refractivity contribution < 1.29 is 19.1 Å². The van der Waals surface area contributed by atoms with Crippen LogP contribution in [0.3, 0.4) is 0 Å². The molecule has 1 amide bonds. The highest BCUT2D eigenvalue weighted by Gasteiger charge is 2.18. The molecule has 0 fully saturated rings. The first kappa shape index (κ1) is 14.5. The average Bonchev–Trinajstić information content (AvgIpc) is 2.43. The highest BCUT2D eigenvalue weighted by molar-refractivity contribution is 9.09. The van der Waals surface area contributed by atoms with Gasteiger partial charge in [-0.15, -0.1) is 0 Å². The van der Waals surface area contributed by atoms with E-state index < -0.39 is 0 Å². The molecule has 0 aliphatic rings. The third-order valence-electron chi connectivity index (χ3n) is 2.46. The SMILES string of the molecule is COc1cc(C(=O)CBr)c(N(C)C=O)cc1OC. The third-order valence-corrected chi connectivity index (χ3v) is 2.97. The van der Waals surface area contributed by atoms with Gasteiger partial charge in [0, 0.05) is 18.7 Å². The van der Waals surface area contributed by atoms with Gasteiger partial charge in [0.2, 0.25) is 6.41 Å². The lowest BCUT2D eigenvalue weighted by Crippen LogP contribution is -2.18. The summed E-state index contributed by atoms with van der Waals surface area (Å²) in [5.41, 5.74) is 0.881. The van der Waals surface area contributed by atoms with Gasteiger partial charge in [0.15, 0.2) is 17.3 Å². The molecule has 0 bridgehead atoms. The van der Waals surface area contributed by atoms with Gasteiger partial charge in [-0.25, -0.2) is 0 Å². The van der Waals surface area contributed by atoms with Crippen LogP contribution in [0.15, 0.2) is 12.1 Å². The van der Waals surface area contributed by atoms with Crippen LogP contribution in [-0.2, 0) is 4.79 Å². The van der Waals surface area contributed by atoms with E-state index >= 15 is 0 Å². The summed E-state index contributed by atoms with van der Waals surface area (Å²) in [5.74, 6) is 0.775. The van der Waals surface area contributed by atoms with Crippen LogP contribution in [0, 0.1) is 0 Å². The lowest BCUT2D eigenvalue weighted by Gasteiger charge is -2.18. The number of ketones is 1. The Morgan fingerprint density at radius 3 is 2.33 bits per heavy atom. The van der Waals surface area contributed by atoms with Crippen LogP contribution < -0.4 is 14.4 Å². The van der Waals surface area contributed by atoms with Crippen LogP contribution in [0.1, 0.15) is 10.4 Å². The number of alkyl halides is 1. The summed E-state index contributed by atoms with van der Waals surface area (Å²) in [4.78, 5) is 24.0. The minimum atomic E-state index is -0.139. The number of carbonyl (C=O) groups is 2. The number of carbonyl (C=O) groups excluding carboxylic acids is 2. The van der Waals surface area contributed by atoms with Gasteiger partial charge < -0.3 is 14.4 Å². The Hall–Kier alpha value is -1.56. The summed E-state index contributed by atoms with van der Waals surface area (Å²) in [6.07, 6.45) is 0.631. The zero-order valence-corrected chi connectivity index (χ0v) is 12.0. The molecule has 0 unspecified atom stereocenters. The second-order valence-corrected chi connectivity index (χ2v) is 4.06. The summed E-state index contributed by atoms with van der Waals surface area (Å²) in [6, 6.07) is 3.17. The van der Waals surface area contributed by atoms with Gasteiger partial charge in [0.25, 0.3) is 0 Å². The number of halogens is 1. The first-order valence-corrected chi connectivity index (χ1v) is 6.24. The topological polar surface area (TPSA) is 55.8 Å². The number of anilines is 1. The number of hydrogen-bond acceptors (Lipinski definition) is 4. The van der Waals surface area contributed by atoms with Crippen molar-refractivity contribution in [2.45, 2.75) is 0 Å². The van der Waals surface area contributed by atoms with Gasteiger partial charge in [-0.2, -0.15) is 0 Å². The summed E-state index contributed by atoms with van der Waals surface area (Å²) in [5, 5.41) is 0.169. The Morgan fingerprint density at radius 1 is 1.33 bits per heavy atom. The minimum absolute atomic E-state index is 0.139. The largest absolute Gasteiger partial charge is 0.493 e. The molecular formula is C12H14BrNO4. The van der Waals surface area contributed by atoms with Crippen molar-refractivity contribution in [3.63, 3.8) is 0 Å². The maximum atomic E-state index is 11.8. The molecule has 0 aliphatic heterocycles. The van der Waals surface area contributed by atoms with Crippen LogP contribution in [0.5, 0.6) is 11.5 Å². The lowest BCUT2D eigenvalue weighted by molar-refractivity contribution is -0.107. The van der Waals surface area contributed by atoms with Crippen LogP contribution in [0.4, 0.5) is 5.69 Å². The second kappa shape index (κ2) is 6.39. The van der Waals surface area contributed by atoms with Crippen molar-refractivity contribution in [2.24, 2.45) is 0 Å². The zero-order chi connectivity index (χ0) is 13.7. The molecule has 18 heavy (non-hydrogen) atoms. The summed E-state index contributed by atoms with van der Waals surface area (Å²) in [6.45, 7) is 0. The van der Waals surface area contributed by atoms with E-state index in [2.05, 4.69) is 15.9 Å². The first-order valence-electron chi connectivity index (χ1n) is 5.12. The van der Waals surface area contributed by atoms with Crippen molar-refractivity contribution in [1.82, 2.24) is 0 Å². The van der Waals surface area contributed by atoms with Crippen LogP contribution >= 0.6 is 15.9 Å². The number of hydrogen-bond donors (Lipinski definition) is 0. The number of rotatable bonds is 6. The van der Waals surface area contributed by atoms with E-state index in [-0.39, 0.29) is 11.1 Å². The van der Waals surface area contributed by atoms with Crippen molar-refractivity contribution in [1.29, 1.82) is 0 Å². The normalized spacial score (nSPS) is 9.78. The van der Waals surface area contributed by atoms with Gasteiger partial charge in [0.05, 0.1) is 25.2 Å². The van der Waals surface area contributed by atoms with Crippen molar-refractivity contribution in [2.75, 3.05) is 31.5 Å². The molecule has 0 spiro atoms. The fourth-order valence-electron chi connectivity index (χ4n) is 1.51. The number of nitrogens with zero attached hydrogens (tertiary/aromatic N) is 1. The smallest absolute Gasteiger partial charge is 0.213 e. The Bertz CT molecular complexity index is 462. The Morgan fingerprint density at radius 2 is 1.89 bits per heavy atom. The van der Waals surface area contributed by atoms with Gasteiger partial charge in [-0.3, -0.25) is 9.59 Å². The molecule has 5 nitrogen and oxygen atoms in total. The van der Waals surface area contributed by atoms with Crippen LogP contribution in [0.2, 0.25) is 0 Å². The maximum Gasteiger partial charge on any atom is 0.213 e. The fraction of sp³-hybridized carbons (Fsp3) is 0.333. The third kappa shape index (κ3) is 2.81. The Balaban J connectivity index is 3.45. The number of amides is 1. The van der Waals surface area contributed by atoms with E-state index in [4.69, 9.17) is 9.47 Å². The molecule has 0 N–H and O–H groups in total. The van der Waals surface area contributed by atoms with E-state index in [0.29, 0.717) is 29.2 Å². The van der Waals surface area contributed by atoms with Gasteiger partial charge >= 0.3 is 0 Å². The Kier molecular flexibility index (Phi) is 5.15.